The van der Waals surface area contributed by atoms with E-state index in [4.69, 9.17) is 15.6 Å². The first-order valence-electron chi connectivity index (χ1n) is 16.3. The number of hydrogen-bond donors (Lipinski definition) is 2. The van der Waals surface area contributed by atoms with Gasteiger partial charge in [-0.15, -0.1) is 0 Å². The number of imide groups is 1. The van der Waals surface area contributed by atoms with Crippen LogP contribution in [0.4, 0.5) is 10.2 Å². The molecule has 12 nitrogen and oxygen atoms in total. The van der Waals surface area contributed by atoms with E-state index in [9.17, 15) is 14.4 Å². The first kappa shape index (κ1) is 30.6. The van der Waals surface area contributed by atoms with Crippen LogP contribution in [0, 0.1) is 5.82 Å². The molecule has 2 atom stereocenters. The molecule has 1 unspecified atom stereocenters. The lowest BCUT2D eigenvalue weighted by atomic mass is 10.0. The number of aromatic nitrogens is 4. The van der Waals surface area contributed by atoms with Crippen LogP contribution in [0.5, 0.6) is 11.5 Å². The number of carbonyl (C=O) groups excluding carboxylic acids is 3. The summed E-state index contributed by atoms with van der Waals surface area (Å²) >= 11 is 0. The van der Waals surface area contributed by atoms with Gasteiger partial charge in [0.2, 0.25) is 11.8 Å². The summed E-state index contributed by atoms with van der Waals surface area (Å²) in [5.74, 6) is -0.219. The molecule has 0 saturated carbocycles. The maximum atomic E-state index is 15.4. The topological polar surface area (TPSA) is 149 Å². The molecule has 3 amide bonds. The van der Waals surface area contributed by atoms with Crippen LogP contribution in [0.2, 0.25) is 0 Å². The number of nitrogen functional groups attached to an aromatic ring is 1. The summed E-state index contributed by atoms with van der Waals surface area (Å²) in [6, 6.07) is 19.7. The van der Waals surface area contributed by atoms with Gasteiger partial charge in [0.15, 0.2) is 5.65 Å². The van der Waals surface area contributed by atoms with E-state index in [-0.39, 0.29) is 36.9 Å². The zero-order chi connectivity index (χ0) is 33.6. The van der Waals surface area contributed by atoms with E-state index in [1.54, 1.807) is 0 Å². The molecule has 5 aromatic rings. The maximum absolute atomic E-state index is 15.4. The summed E-state index contributed by atoms with van der Waals surface area (Å²) in [5.41, 5.74) is 9.87. The number of hydrogen-bond acceptors (Lipinski definition) is 9. The van der Waals surface area contributed by atoms with Gasteiger partial charge in [-0.3, -0.25) is 24.6 Å². The molecule has 0 radical (unpaired) electrons. The summed E-state index contributed by atoms with van der Waals surface area (Å²) in [5, 5.41) is 8.01. The van der Waals surface area contributed by atoms with Crippen molar-refractivity contribution < 1.29 is 23.5 Å². The lowest BCUT2D eigenvalue weighted by Gasteiger charge is -2.33. The number of nitrogens with two attached hydrogens (primary N) is 1. The number of nitrogens with zero attached hydrogens (tertiary/aromatic N) is 6. The van der Waals surface area contributed by atoms with Crippen LogP contribution in [0.1, 0.15) is 53.2 Å². The quantitative estimate of drug-likeness (QED) is 0.239. The minimum absolute atomic E-state index is 0.00237. The van der Waals surface area contributed by atoms with Crippen LogP contribution in [-0.4, -0.2) is 66.4 Å². The molecule has 0 aliphatic carbocycles. The van der Waals surface area contributed by atoms with Crippen molar-refractivity contribution in [3.05, 3.63) is 95.6 Å². The van der Waals surface area contributed by atoms with Gasteiger partial charge in [-0.25, -0.2) is 19.0 Å². The van der Waals surface area contributed by atoms with E-state index in [1.807, 2.05) is 65.3 Å². The molecular formula is C36H33FN8O4. The van der Waals surface area contributed by atoms with E-state index in [0.717, 1.165) is 36.3 Å². The Balaban J connectivity index is 1.02. The number of carbonyl (C=O) groups is 3. The number of ether oxygens (including phenoxy) is 1. The Bertz CT molecular complexity index is 2100. The molecule has 3 aliphatic heterocycles. The van der Waals surface area contributed by atoms with Crippen LogP contribution >= 0.6 is 0 Å². The van der Waals surface area contributed by atoms with Crippen molar-refractivity contribution in [2.75, 3.05) is 18.8 Å². The standard InChI is InChI=1S/C36H33FN8O4/c37-27-16-21(15-23-18-44(36(48)30(23)27)28-12-13-29(46)41-35(28)47)17-43-14-4-5-24(19-43)45-34-31(33(38)39-20-40-34)32(42-45)22-8-10-26(11-9-22)49-25-6-2-1-3-7-25/h1-3,6-11,15-16,20,24,28H,4-5,12-14,17-19H2,(H2,38,39,40)(H,41,46,47)/t24-,28?/m1/s1. The molecule has 8 rings (SSSR count). The number of nitrogens with one attached hydrogen (secondary N) is 1. The van der Waals surface area contributed by atoms with Gasteiger partial charge in [0, 0.05) is 31.6 Å². The summed E-state index contributed by atoms with van der Waals surface area (Å²) in [4.78, 5) is 49.7. The lowest BCUT2D eigenvalue weighted by molar-refractivity contribution is -0.136. The molecule has 0 bridgehead atoms. The van der Waals surface area contributed by atoms with E-state index in [2.05, 4.69) is 20.2 Å². The maximum Gasteiger partial charge on any atom is 0.258 e. The molecule has 3 aliphatic rings. The molecule has 5 heterocycles. The zero-order valence-corrected chi connectivity index (χ0v) is 26.5. The number of fused-ring (bicyclic) bond motifs is 2. The van der Waals surface area contributed by atoms with Crippen LogP contribution in [-0.2, 0) is 22.7 Å². The van der Waals surface area contributed by atoms with Crippen molar-refractivity contribution in [1.29, 1.82) is 0 Å². The van der Waals surface area contributed by atoms with E-state index in [1.165, 1.54) is 17.3 Å². The molecule has 49 heavy (non-hydrogen) atoms. The Morgan fingerprint density at radius 3 is 2.57 bits per heavy atom. The summed E-state index contributed by atoms with van der Waals surface area (Å²) in [6.07, 6.45) is 3.57. The predicted molar refractivity (Wildman–Crippen MR) is 178 cm³/mol. The van der Waals surface area contributed by atoms with Crippen molar-refractivity contribution in [3.63, 3.8) is 0 Å². The summed E-state index contributed by atoms with van der Waals surface area (Å²) in [7, 11) is 0. The highest BCUT2D eigenvalue weighted by atomic mass is 19.1. The minimum Gasteiger partial charge on any atom is -0.457 e. The molecule has 248 valence electrons. The highest BCUT2D eigenvalue weighted by molar-refractivity contribution is 6.05. The highest BCUT2D eigenvalue weighted by Crippen LogP contribution is 2.36. The zero-order valence-electron chi connectivity index (χ0n) is 26.5. The third-order valence-corrected chi connectivity index (χ3v) is 9.49. The summed E-state index contributed by atoms with van der Waals surface area (Å²) < 4.78 is 23.3. The van der Waals surface area contributed by atoms with Crippen LogP contribution in [0.25, 0.3) is 22.3 Å². The van der Waals surface area contributed by atoms with Crippen LogP contribution in [0.15, 0.2) is 73.1 Å². The number of amides is 3. The second-order valence-electron chi connectivity index (χ2n) is 12.7. The van der Waals surface area contributed by atoms with Crippen molar-refractivity contribution in [3.8, 4) is 22.8 Å². The number of para-hydroxylation sites is 1. The fraction of sp³-hybridized carbons (Fsp3) is 0.278. The fourth-order valence-electron chi connectivity index (χ4n) is 7.20. The van der Waals surface area contributed by atoms with Crippen molar-refractivity contribution in [2.24, 2.45) is 0 Å². The molecule has 2 saturated heterocycles. The normalized spacial score (nSPS) is 19.7. The van der Waals surface area contributed by atoms with Gasteiger partial charge < -0.3 is 15.4 Å². The van der Waals surface area contributed by atoms with Crippen molar-refractivity contribution in [2.45, 2.75) is 50.9 Å². The Morgan fingerprint density at radius 1 is 0.980 bits per heavy atom. The molecule has 3 N–H and O–H groups in total. The van der Waals surface area contributed by atoms with Gasteiger partial charge in [-0.05, 0) is 79.4 Å². The van der Waals surface area contributed by atoms with Crippen molar-refractivity contribution in [1.82, 2.24) is 34.9 Å². The average molecular weight is 661 g/mol. The second kappa shape index (κ2) is 12.4. The predicted octanol–water partition coefficient (Wildman–Crippen LogP) is 4.61. The Morgan fingerprint density at radius 2 is 1.78 bits per heavy atom. The van der Waals surface area contributed by atoms with Crippen LogP contribution < -0.4 is 15.8 Å². The summed E-state index contributed by atoms with van der Waals surface area (Å²) in [6.45, 7) is 2.04. The third kappa shape index (κ3) is 5.75. The molecular weight excluding hydrogens is 627 g/mol. The highest BCUT2D eigenvalue weighted by Gasteiger charge is 2.40. The van der Waals surface area contributed by atoms with Gasteiger partial charge >= 0.3 is 0 Å². The number of halogens is 1. The fourth-order valence-corrected chi connectivity index (χ4v) is 7.20. The second-order valence-corrected chi connectivity index (χ2v) is 12.7. The number of rotatable bonds is 7. The SMILES string of the molecule is Nc1ncnc2c1c(-c1ccc(Oc3ccccc3)cc1)nn2[C@@H]1CCCN(Cc2cc(F)c3c(c2)CN(C2CCC(=O)NC2=O)C3=O)C1. The van der Waals surface area contributed by atoms with E-state index >= 15 is 4.39 Å². The Labute approximate surface area is 280 Å². The number of piperidine rings is 2. The van der Waals surface area contributed by atoms with Gasteiger partial charge in [-0.2, -0.15) is 5.10 Å². The number of anilines is 1. The molecule has 2 aromatic heterocycles. The monoisotopic (exact) mass is 660 g/mol. The third-order valence-electron chi connectivity index (χ3n) is 9.49. The van der Waals surface area contributed by atoms with Gasteiger partial charge in [0.25, 0.3) is 5.91 Å². The first-order chi connectivity index (χ1) is 23.8. The molecule has 0 spiro atoms. The Kier molecular flexibility index (Phi) is 7.75. The largest absolute Gasteiger partial charge is 0.457 e. The molecule has 3 aromatic carbocycles. The number of benzene rings is 3. The number of likely N-dealkylation sites (tertiary alicyclic amines) is 1. The molecule has 13 heteroatoms. The van der Waals surface area contributed by atoms with Crippen LogP contribution in [0.3, 0.4) is 0 Å². The van der Waals surface area contributed by atoms with E-state index in [0.29, 0.717) is 46.9 Å². The lowest BCUT2D eigenvalue weighted by Crippen LogP contribution is -2.52. The van der Waals surface area contributed by atoms with Gasteiger partial charge in [0.1, 0.15) is 41.2 Å². The minimum atomic E-state index is -0.796. The average Bonchev–Trinajstić information content (AvgIpc) is 3.65. The van der Waals surface area contributed by atoms with Crippen molar-refractivity contribution >= 4 is 34.6 Å². The first-order valence-corrected chi connectivity index (χ1v) is 16.3. The smallest absolute Gasteiger partial charge is 0.258 e. The molecule has 2 fully saturated rings. The Hall–Kier alpha value is -5.69. The van der Waals surface area contributed by atoms with Gasteiger partial charge in [0.05, 0.1) is 17.0 Å². The van der Waals surface area contributed by atoms with E-state index < -0.39 is 23.7 Å². The van der Waals surface area contributed by atoms with Gasteiger partial charge in [-0.1, -0.05) is 24.3 Å².